The van der Waals surface area contributed by atoms with Crippen LogP contribution in [0.4, 0.5) is 5.69 Å². The molecule has 2 aromatic rings. The molecule has 2 atom stereocenters. The van der Waals surface area contributed by atoms with Crippen LogP contribution in [0.5, 0.6) is 0 Å². The first-order valence-electron chi connectivity index (χ1n) is 9.62. The summed E-state index contributed by atoms with van der Waals surface area (Å²) in [5, 5.41) is 6.65. The number of carbonyl (C=O) groups excluding carboxylic acids is 2. The lowest BCUT2D eigenvalue weighted by molar-refractivity contribution is -0.117. The quantitative estimate of drug-likeness (QED) is 0.333. The molecule has 2 amide bonds. The Kier molecular flexibility index (Phi) is 5.93. The van der Waals surface area contributed by atoms with Crippen LogP contribution >= 0.6 is 55.1 Å². The molecular formula is C23H18Br2Cl2N2O2. The van der Waals surface area contributed by atoms with Gasteiger partial charge in [-0.15, -0.1) is 6.42 Å². The van der Waals surface area contributed by atoms with Gasteiger partial charge in [-0.2, -0.15) is 0 Å². The summed E-state index contributed by atoms with van der Waals surface area (Å²) in [6.45, 7) is 1.96. The van der Waals surface area contributed by atoms with E-state index in [0.717, 1.165) is 24.0 Å². The van der Waals surface area contributed by atoms with Crippen molar-refractivity contribution in [3.63, 3.8) is 0 Å². The molecule has 0 bridgehead atoms. The van der Waals surface area contributed by atoms with Crippen molar-refractivity contribution < 1.29 is 9.59 Å². The molecule has 160 valence electrons. The lowest BCUT2D eigenvalue weighted by Crippen LogP contribution is -2.35. The molecule has 2 aliphatic rings. The van der Waals surface area contributed by atoms with Gasteiger partial charge in [0, 0.05) is 16.6 Å². The average Bonchev–Trinajstić information content (AvgIpc) is 3.57. The fourth-order valence-electron chi connectivity index (χ4n) is 3.72. The lowest BCUT2D eigenvalue weighted by Gasteiger charge is -2.13. The largest absolute Gasteiger partial charge is 0.336 e. The maximum atomic E-state index is 13.0. The zero-order valence-electron chi connectivity index (χ0n) is 16.4. The van der Waals surface area contributed by atoms with Gasteiger partial charge in [0.1, 0.15) is 8.77 Å². The normalized spacial score (nSPS) is 22.2. The van der Waals surface area contributed by atoms with Crippen LogP contribution in [0.15, 0.2) is 36.4 Å². The molecule has 8 heteroatoms. The van der Waals surface area contributed by atoms with Gasteiger partial charge in [-0.1, -0.05) is 67.0 Å². The Bertz CT molecular complexity index is 1120. The molecule has 4 nitrogen and oxygen atoms in total. The van der Waals surface area contributed by atoms with E-state index in [-0.39, 0.29) is 34.2 Å². The smallest absolute Gasteiger partial charge is 0.254 e. The summed E-state index contributed by atoms with van der Waals surface area (Å²) < 4.78 is -0.570. The number of benzene rings is 2. The van der Waals surface area contributed by atoms with Gasteiger partial charge in [0.15, 0.2) is 0 Å². The van der Waals surface area contributed by atoms with E-state index in [2.05, 4.69) is 48.4 Å². The Morgan fingerprint density at radius 2 is 1.87 bits per heavy atom. The van der Waals surface area contributed by atoms with Gasteiger partial charge in [-0.25, -0.2) is 0 Å². The van der Waals surface area contributed by atoms with E-state index < -0.39 is 8.77 Å². The number of amides is 2. The molecule has 0 aromatic heterocycles. The molecule has 0 radical (unpaired) electrons. The number of halogens is 4. The Labute approximate surface area is 207 Å². The summed E-state index contributed by atoms with van der Waals surface area (Å²) in [5.41, 5.74) is 2.16. The van der Waals surface area contributed by atoms with Crippen molar-refractivity contribution in [2.45, 2.75) is 34.5 Å². The predicted octanol–water partition coefficient (Wildman–Crippen LogP) is 6.04. The monoisotopic (exact) mass is 582 g/mol. The van der Waals surface area contributed by atoms with Crippen molar-refractivity contribution in [1.29, 1.82) is 0 Å². The number of aryl methyl sites for hydroxylation is 1. The SMILES string of the molecule is C#CC1(NC(=O)c2cc(NC(=O)C3C(c4cc(C)cc(Cl)c4)C3(Br)Br)ccc2Cl)CC1. The lowest BCUT2D eigenvalue weighted by atomic mass is 10.1. The molecule has 0 spiro atoms. The zero-order chi connectivity index (χ0) is 22.6. The standard InChI is InChI=1S/C23H18Br2Cl2N2O2/c1-3-22(6-7-22)29-20(30)16-11-15(4-5-17(16)27)28-21(31)19-18(23(19,24)25)13-8-12(2)9-14(26)10-13/h1,4-5,8-11,18-19H,6-7H2,2H3,(H,28,31)(H,29,30). The summed E-state index contributed by atoms with van der Waals surface area (Å²) in [7, 11) is 0. The van der Waals surface area contributed by atoms with Gasteiger partial charge in [0.05, 0.1) is 16.5 Å². The van der Waals surface area contributed by atoms with E-state index in [9.17, 15) is 9.59 Å². The number of alkyl halides is 2. The molecule has 0 saturated heterocycles. The van der Waals surface area contributed by atoms with Crippen LogP contribution in [-0.4, -0.2) is 20.6 Å². The van der Waals surface area contributed by atoms with Crippen LogP contribution in [0.25, 0.3) is 0 Å². The summed E-state index contributed by atoms with van der Waals surface area (Å²) in [5.74, 6) is 1.61. The molecule has 2 aromatic carbocycles. The third-order valence-electron chi connectivity index (χ3n) is 5.62. The van der Waals surface area contributed by atoms with Crippen molar-refractivity contribution in [2.75, 3.05) is 5.32 Å². The average molecular weight is 585 g/mol. The molecule has 0 heterocycles. The Morgan fingerprint density at radius 3 is 2.48 bits per heavy atom. The molecule has 4 rings (SSSR count). The van der Waals surface area contributed by atoms with Crippen LogP contribution in [0.1, 0.15) is 40.2 Å². The minimum atomic E-state index is -0.582. The van der Waals surface area contributed by atoms with Gasteiger partial charge in [-0.05, 0) is 61.2 Å². The summed E-state index contributed by atoms with van der Waals surface area (Å²) in [6.07, 6.45) is 6.99. The molecule has 2 saturated carbocycles. The fourth-order valence-corrected chi connectivity index (χ4v) is 5.96. The minimum Gasteiger partial charge on any atom is -0.336 e. The third kappa shape index (κ3) is 4.52. The maximum absolute atomic E-state index is 13.0. The summed E-state index contributed by atoms with van der Waals surface area (Å²) >= 11 is 19.7. The van der Waals surface area contributed by atoms with Crippen molar-refractivity contribution >= 4 is 72.6 Å². The molecule has 2 fully saturated rings. The Hall–Kier alpha value is -1.52. The van der Waals surface area contributed by atoms with E-state index in [0.29, 0.717) is 10.7 Å². The highest BCUT2D eigenvalue weighted by Crippen LogP contribution is 2.67. The second-order valence-electron chi connectivity index (χ2n) is 8.06. The van der Waals surface area contributed by atoms with Crippen molar-refractivity contribution in [3.05, 3.63) is 63.1 Å². The van der Waals surface area contributed by atoms with Gasteiger partial charge in [-0.3, -0.25) is 9.59 Å². The molecule has 2 unspecified atom stereocenters. The number of hydrogen-bond donors (Lipinski definition) is 2. The van der Waals surface area contributed by atoms with E-state index in [1.807, 2.05) is 25.1 Å². The summed E-state index contributed by atoms with van der Waals surface area (Å²) in [4.78, 5) is 25.7. The number of rotatable bonds is 5. The maximum Gasteiger partial charge on any atom is 0.254 e. The number of terminal acetylenes is 1. The minimum absolute atomic E-state index is 0.0923. The second-order valence-corrected chi connectivity index (χ2v) is 12.6. The third-order valence-corrected chi connectivity index (χ3v) is 8.14. The first-order chi connectivity index (χ1) is 14.6. The van der Waals surface area contributed by atoms with E-state index in [4.69, 9.17) is 29.6 Å². The highest BCUT2D eigenvalue weighted by molar-refractivity contribution is 9.25. The highest BCUT2D eigenvalue weighted by Gasteiger charge is 2.66. The molecule has 2 aliphatic carbocycles. The Morgan fingerprint density at radius 1 is 1.16 bits per heavy atom. The van der Waals surface area contributed by atoms with E-state index >= 15 is 0 Å². The molecule has 2 N–H and O–H groups in total. The molecule has 31 heavy (non-hydrogen) atoms. The number of anilines is 1. The van der Waals surface area contributed by atoms with Crippen molar-refractivity contribution in [2.24, 2.45) is 5.92 Å². The first-order valence-corrected chi connectivity index (χ1v) is 12.0. The van der Waals surface area contributed by atoms with Crippen molar-refractivity contribution in [3.8, 4) is 12.3 Å². The molecular weight excluding hydrogens is 567 g/mol. The van der Waals surface area contributed by atoms with Crippen LogP contribution in [0, 0.1) is 25.2 Å². The van der Waals surface area contributed by atoms with Gasteiger partial charge in [0.25, 0.3) is 5.91 Å². The van der Waals surface area contributed by atoms with E-state index in [1.54, 1.807) is 18.2 Å². The number of carbonyl (C=O) groups is 2. The number of nitrogens with one attached hydrogen (secondary N) is 2. The van der Waals surface area contributed by atoms with Gasteiger partial charge < -0.3 is 10.6 Å². The summed E-state index contributed by atoms with van der Waals surface area (Å²) in [6, 6.07) is 10.6. The predicted molar refractivity (Wildman–Crippen MR) is 131 cm³/mol. The second kappa shape index (κ2) is 8.12. The highest BCUT2D eigenvalue weighted by atomic mass is 79.9. The van der Waals surface area contributed by atoms with Crippen LogP contribution in [-0.2, 0) is 4.79 Å². The fraction of sp³-hybridized carbons (Fsp3) is 0.304. The van der Waals surface area contributed by atoms with Crippen LogP contribution < -0.4 is 10.6 Å². The van der Waals surface area contributed by atoms with Crippen molar-refractivity contribution in [1.82, 2.24) is 5.32 Å². The topological polar surface area (TPSA) is 58.2 Å². The number of hydrogen-bond acceptors (Lipinski definition) is 2. The first kappa shape index (κ1) is 22.7. The zero-order valence-corrected chi connectivity index (χ0v) is 21.1. The van der Waals surface area contributed by atoms with Gasteiger partial charge >= 0.3 is 0 Å². The van der Waals surface area contributed by atoms with Gasteiger partial charge in [0.2, 0.25) is 5.91 Å². The molecule has 0 aliphatic heterocycles. The van der Waals surface area contributed by atoms with Crippen LogP contribution in [0.3, 0.4) is 0 Å². The Balaban J connectivity index is 1.51. The van der Waals surface area contributed by atoms with E-state index in [1.165, 1.54) is 0 Å². The van der Waals surface area contributed by atoms with Crippen LogP contribution in [0.2, 0.25) is 10.0 Å².